The van der Waals surface area contributed by atoms with E-state index < -0.39 is 0 Å². The lowest BCUT2D eigenvalue weighted by Crippen LogP contribution is -2.36. The molecule has 0 bridgehead atoms. The van der Waals surface area contributed by atoms with Gasteiger partial charge in [-0.05, 0) is 18.6 Å². The van der Waals surface area contributed by atoms with E-state index in [4.69, 9.17) is 0 Å². The van der Waals surface area contributed by atoms with Crippen molar-refractivity contribution in [3.8, 4) is 0 Å². The second-order valence-corrected chi connectivity index (χ2v) is 6.34. The lowest BCUT2D eigenvalue weighted by Gasteiger charge is -2.31. The molecular weight excluding hydrogens is 300 g/mol. The fourth-order valence-electron chi connectivity index (χ4n) is 3.51. The average Bonchev–Trinajstić information content (AvgIpc) is 2.62. The number of hydrogen-bond acceptors (Lipinski definition) is 4. The molecule has 3 rings (SSSR count). The summed E-state index contributed by atoms with van der Waals surface area (Å²) in [6.45, 7) is 2.97. The highest BCUT2D eigenvalue weighted by atomic mass is 16.1. The van der Waals surface area contributed by atoms with Gasteiger partial charge in [-0.3, -0.25) is 9.59 Å². The molecular formula is C20H24N2O2. The van der Waals surface area contributed by atoms with Crippen LogP contribution in [0.3, 0.4) is 0 Å². The molecule has 0 heterocycles. The average molecular weight is 324 g/mol. The molecule has 0 saturated carbocycles. The lowest BCUT2D eigenvalue weighted by molar-refractivity contribution is 0.0803. The smallest absolute Gasteiger partial charge is 0.173 e. The van der Waals surface area contributed by atoms with E-state index in [-0.39, 0.29) is 23.4 Å². The molecule has 1 aromatic carbocycles. The zero-order valence-electron chi connectivity index (χ0n) is 14.3. The van der Waals surface area contributed by atoms with Crippen molar-refractivity contribution in [1.29, 1.82) is 0 Å². The molecule has 1 aromatic rings. The van der Waals surface area contributed by atoms with Gasteiger partial charge in [0.05, 0.1) is 23.0 Å². The highest BCUT2D eigenvalue weighted by molar-refractivity contribution is 6.22. The standard InChI is InChI=1S/C20H24N2O2/c1-3-4-7-12-22-16-11-10-15(21-2)17-18(16)20(24)14-9-6-5-8-13(14)19(17)23/h5-6,8-11,13-14,21-22H,3-4,7,12H2,1-2H3. The largest absolute Gasteiger partial charge is 0.388 e. The Morgan fingerprint density at radius 3 is 2.08 bits per heavy atom. The fourth-order valence-corrected chi connectivity index (χ4v) is 3.51. The van der Waals surface area contributed by atoms with Crippen LogP contribution in [0.4, 0.5) is 11.4 Å². The van der Waals surface area contributed by atoms with Crippen LogP contribution in [0.15, 0.2) is 36.4 Å². The molecule has 2 atom stereocenters. The summed E-state index contributed by atoms with van der Waals surface area (Å²) in [5.74, 6) is -0.696. The van der Waals surface area contributed by atoms with Crippen LogP contribution in [0.2, 0.25) is 0 Å². The Balaban J connectivity index is 2.02. The van der Waals surface area contributed by atoms with Gasteiger partial charge in [0.1, 0.15) is 0 Å². The summed E-state index contributed by atoms with van der Waals surface area (Å²) >= 11 is 0. The second kappa shape index (κ2) is 7.04. The minimum absolute atomic E-state index is 0.0248. The second-order valence-electron chi connectivity index (χ2n) is 6.34. The molecule has 0 saturated heterocycles. The summed E-state index contributed by atoms with van der Waals surface area (Å²) in [5.41, 5.74) is 2.58. The summed E-state index contributed by atoms with van der Waals surface area (Å²) in [7, 11) is 1.78. The third-order valence-corrected chi connectivity index (χ3v) is 4.80. The molecule has 126 valence electrons. The summed E-state index contributed by atoms with van der Waals surface area (Å²) in [6.07, 6.45) is 10.7. The van der Waals surface area contributed by atoms with E-state index in [1.807, 2.05) is 36.4 Å². The number of rotatable bonds is 6. The van der Waals surface area contributed by atoms with Gasteiger partial charge in [0, 0.05) is 25.0 Å². The van der Waals surface area contributed by atoms with E-state index in [9.17, 15) is 9.59 Å². The van der Waals surface area contributed by atoms with E-state index in [0.29, 0.717) is 11.1 Å². The quantitative estimate of drug-likeness (QED) is 0.775. The fraction of sp³-hybridized carbons (Fsp3) is 0.400. The minimum atomic E-state index is -0.377. The molecule has 2 aliphatic carbocycles. The SMILES string of the molecule is CCCCCNc1ccc(NC)c2c1C(=O)C1C=CC=CC1C2=O. The van der Waals surface area contributed by atoms with Crippen molar-refractivity contribution in [2.75, 3.05) is 24.2 Å². The number of unbranched alkanes of at least 4 members (excludes halogenated alkanes) is 2. The number of nitrogens with one attached hydrogen (secondary N) is 2. The van der Waals surface area contributed by atoms with Crippen LogP contribution in [0.1, 0.15) is 46.9 Å². The molecule has 2 aliphatic rings. The van der Waals surface area contributed by atoms with Gasteiger partial charge in [-0.15, -0.1) is 0 Å². The number of allylic oxidation sites excluding steroid dienone is 4. The van der Waals surface area contributed by atoms with Crippen molar-refractivity contribution >= 4 is 22.9 Å². The Labute approximate surface area is 143 Å². The maximum Gasteiger partial charge on any atom is 0.173 e. The first-order valence-corrected chi connectivity index (χ1v) is 8.71. The molecule has 0 spiro atoms. The Kier molecular flexibility index (Phi) is 4.84. The number of hydrogen-bond donors (Lipinski definition) is 2. The number of anilines is 2. The molecule has 0 aromatic heterocycles. The van der Waals surface area contributed by atoms with Gasteiger partial charge in [-0.2, -0.15) is 0 Å². The van der Waals surface area contributed by atoms with Gasteiger partial charge in [-0.25, -0.2) is 0 Å². The topological polar surface area (TPSA) is 58.2 Å². The first-order chi connectivity index (χ1) is 11.7. The van der Waals surface area contributed by atoms with E-state index in [2.05, 4.69) is 17.6 Å². The maximum atomic E-state index is 13.1. The van der Waals surface area contributed by atoms with Gasteiger partial charge in [0.15, 0.2) is 11.6 Å². The van der Waals surface area contributed by atoms with Crippen molar-refractivity contribution in [2.24, 2.45) is 11.8 Å². The number of ketones is 2. The molecule has 0 fully saturated rings. The van der Waals surface area contributed by atoms with Crippen molar-refractivity contribution in [3.63, 3.8) is 0 Å². The van der Waals surface area contributed by atoms with Crippen molar-refractivity contribution < 1.29 is 9.59 Å². The van der Waals surface area contributed by atoms with Crippen LogP contribution in [-0.2, 0) is 0 Å². The van der Waals surface area contributed by atoms with Gasteiger partial charge in [-0.1, -0.05) is 44.1 Å². The van der Waals surface area contributed by atoms with Crippen LogP contribution in [-0.4, -0.2) is 25.2 Å². The van der Waals surface area contributed by atoms with Crippen LogP contribution in [0.5, 0.6) is 0 Å². The van der Waals surface area contributed by atoms with Gasteiger partial charge < -0.3 is 10.6 Å². The summed E-state index contributed by atoms with van der Waals surface area (Å²) in [4.78, 5) is 26.1. The lowest BCUT2D eigenvalue weighted by atomic mass is 9.71. The third-order valence-electron chi connectivity index (χ3n) is 4.80. The predicted molar refractivity (Wildman–Crippen MR) is 97.9 cm³/mol. The van der Waals surface area contributed by atoms with Gasteiger partial charge >= 0.3 is 0 Å². The van der Waals surface area contributed by atoms with Crippen molar-refractivity contribution in [3.05, 3.63) is 47.6 Å². The molecule has 24 heavy (non-hydrogen) atoms. The first-order valence-electron chi connectivity index (χ1n) is 8.71. The minimum Gasteiger partial charge on any atom is -0.388 e. The van der Waals surface area contributed by atoms with Crippen LogP contribution >= 0.6 is 0 Å². The molecule has 4 heteroatoms. The highest BCUT2D eigenvalue weighted by Crippen LogP contribution is 2.40. The highest BCUT2D eigenvalue weighted by Gasteiger charge is 2.42. The predicted octanol–water partition coefficient (Wildman–Crippen LogP) is 4.07. The van der Waals surface area contributed by atoms with E-state index >= 15 is 0 Å². The molecule has 0 amide bonds. The monoisotopic (exact) mass is 324 g/mol. The van der Waals surface area contributed by atoms with Crippen molar-refractivity contribution in [2.45, 2.75) is 26.2 Å². The Morgan fingerprint density at radius 2 is 1.50 bits per heavy atom. The number of carbonyl (C=O) groups is 2. The van der Waals surface area contributed by atoms with Crippen LogP contribution < -0.4 is 10.6 Å². The van der Waals surface area contributed by atoms with Gasteiger partial charge in [0.2, 0.25) is 0 Å². The Morgan fingerprint density at radius 1 is 0.917 bits per heavy atom. The molecule has 0 radical (unpaired) electrons. The Bertz CT molecular complexity index is 719. The zero-order chi connectivity index (χ0) is 17.1. The first kappa shape index (κ1) is 16.5. The van der Waals surface area contributed by atoms with E-state index in [1.165, 1.54) is 0 Å². The molecule has 2 N–H and O–H groups in total. The summed E-state index contributed by atoms with van der Waals surface area (Å²) in [5, 5.41) is 6.42. The number of carbonyl (C=O) groups excluding carboxylic acids is 2. The van der Waals surface area contributed by atoms with Crippen LogP contribution in [0.25, 0.3) is 0 Å². The number of fused-ring (bicyclic) bond motifs is 2. The number of benzene rings is 1. The van der Waals surface area contributed by atoms with Crippen molar-refractivity contribution in [1.82, 2.24) is 0 Å². The zero-order valence-corrected chi connectivity index (χ0v) is 14.3. The maximum absolute atomic E-state index is 13.1. The Hall–Kier alpha value is -2.36. The number of Topliss-reactive ketones (excluding diaryl/α,β-unsaturated/α-hetero) is 2. The molecule has 2 unspecified atom stereocenters. The summed E-state index contributed by atoms with van der Waals surface area (Å²) < 4.78 is 0. The summed E-state index contributed by atoms with van der Waals surface area (Å²) in [6, 6.07) is 3.79. The normalized spacial score (nSPS) is 21.4. The third kappa shape index (κ3) is 2.77. The van der Waals surface area contributed by atoms with E-state index in [0.717, 1.165) is 37.2 Å². The molecule has 0 aliphatic heterocycles. The van der Waals surface area contributed by atoms with Crippen LogP contribution in [0, 0.1) is 11.8 Å². The van der Waals surface area contributed by atoms with Gasteiger partial charge in [0.25, 0.3) is 0 Å². The van der Waals surface area contributed by atoms with E-state index in [1.54, 1.807) is 7.05 Å². The molecule has 4 nitrogen and oxygen atoms in total.